The van der Waals surface area contributed by atoms with Gasteiger partial charge < -0.3 is 0 Å². The molecule has 3 aromatic rings. The van der Waals surface area contributed by atoms with Crippen LogP contribution in [0.25, 0.3) is 10.8 Å². The van der Waals surface area contributed by atoms with Gasteiger partial charge in [-0.2, -0.15) is 0 Å². The molecular weight excluding hydrogens is 321 g/mol. The van der Waals surface area contributed by atoms with Gasteiger partial charge in [-0.25, -0.2) is 13.2 Å². The minimum Gasteiger partial charge on any atom is -0.204 e. The molecule has 0 radical (unpaired) electrons. The Kier molecular flexibility index (Phi) is 5.09. The van der Waals surface area contributed by atoms with Crippen molar-refractivity contribution >= 4 is 10.8 Å². The molecule has 3 aromatic carbocycles. The second kappa shape index (κ2) is 7.44. The van der Waals surface area contributed by atoms with Gasteiger partial charge in [0.25, 0.3) is 0 Å². The van der Waals surface area contributed by atoms with Crippen LogP contribution in [-0.4, -0.2) is 0 Å². The molecule has 0 aliphatic heterocycles. The summed E-state index contributed by atoms with van der Waals surface area (Å²) < 4.78 is 40.3. The first-order valence-electron chi connectivity index (χ1n) is 8.26. The van der Waals surface area contributed by atoms with Crippen molar-refractivity contribution in [1.82, 2.24) is 0 Å². The van der Waals surface area contributed by atoms with Crippen LogP contribution in [0, 0.1) is 29.3 Å². The number of aryl methyl sites for hydroxylation is 1. The summed E-state index contributed by atoms with van der Waals surface area (Å²) in [5.74, 6) is 2.20. The molecule has 3 rings (SSSR count). The van der Waals surface area contributed by atoms with E-state index in [-0.39, 0.29) is 10.8 Å². The molecule has 0 unspecified atom stereocenters. The van der Waals surface area contributed by atoms with Crippen molar-refractivity contribution in [3.63, 3.8) is 0 Å². The summed E-state index contributed by atoms with van der Waals surface area (Å²) in [5, 5.41) is 0.336. The van der Waals surface area contributed by atoms with Gasteiger partial charge in [-0.05, 0) is 54.1 Å². The fourth-order valence-corrected chi connectivity index (χ4v) is 2.66. The molecule has 0 saturated carbocycles. The maximum atomic E-state index is 13.7. The van der Waals surface area contributed by atoms with Crippen LogP contribution >= 0.6 is 0 Å². The summed E-state index contributed by atoms with van der Waals surface area (Å²) >= 11 is 0. The number of hydrogen-bond donors (Lipinski definition) is 0. The Hall–Kier alpha value is -2.73. The van der Waals surface area contributed by atoms with Crippen molar-refractivity contribution in [2.75, 3.05) is 0 Å². The second-order valence-electron chi connectivity index (χ2n) is 5.97. The van der Waals surface area contributed by atoms with Gasteiger partial charge in [0.2, 0.25) is 0 Å². The third-order valence-electron chi connectivity index (χ3n) is 4.10. The molecule has 25 heavy (non-hydrogen) atoms. The molecule has 0 N–H and O–H groups in total. The van der Waals surface area contributed by atoms with E-state index in [1.54, 1.807) is 12.1 Å². The predicted octanol–water partition coefficient (Wildman–Crippen LogP) is 6.00. The molecular formula is C22H17F3. The van der Waals surface area contributed by atoms with E-state index in [0.717, 1.165) is 30.9 Å². The fourth-order valence-electron chi connectivity index (χ4n) is 2.66. The Morgan fingerprint density at radius 3 is 2.20 bits per heavy atom. The highest BCUT2D eigenvalue weighted by Gasteiger charge is 2.13. The van der Waals surface area contributed by atoms with Crippen molar-refractivity contribution in [1.29, 1.82) is 0 Å². The van der Waals surface area contributed by atoms with Crippen molar-refractivity contribution in [2.45, 2.75) is 26.2 Å². The van der Waals surface area contributed by atoms with E-state index < -0.39 is 17.5 Å². The number of unbranched alkanes of at least 4 members (excludes halogenated alkanes) is 1. The molecule has 0 fully saturated rings. The first kappa shape index (κ1) is 17.1. The van der Waals surface area contributed by atoms with Crippen LogP contribution in [0.4, 0.5) is 13.2 Å². The van der Waals surface area contributed by atoms with E-state index in [1.807, 2.05) is 12.1 Å². The van der Waals surface area contributed by atoms with Gasteiger partial charge in [-0.15, -0.1) is 0 Å². The zero-order valence-electron chi connectivity index (χ0n) is 13.9. The van der Waals surface area contributed by atoms with Crippen LogP contribution in [-0.2, 0) is 6.42 Å². The van der Waals surface area contributed by atoms with Crippen LogP contribution in [0.2, 0.25) is 0 Å². The van der Waals surface area contributed by atoms with Crippen LogP contribution in [0.5, 0.6) is 0 Å². The van der Waals surface area contributed by atoms with Crippen molar-refractivity contribution in [3.8, 4) is 11.8 Å². The predicted molar refractivity (Wildman–Crippen MR) is 94.9 cm³/mol. The standard InChI is InChI=1S/C22H17F3/c1-2-3-4-15-5-7-16(8-6-15)9-10-17-11-12-19-18(13-17)14-20(23)22(25)21(19)24/h5-8,11-14H,2-4H2,1H3. The first-order valence-corrected chi connectivity index (χ1v) is 8.26. The Morgan fingerprint density at radius 2 is 1.48 bits per heavy atom. The summed E-state index contributed by atoms with van der Waals surface area (Å²) in [6.45, 7) is 2.16. The zero-order valence-corrected chi connectivity index (χ0v) is 13.9. The highest BCUT2D eigenvalue weighted by Crippen LogP contribution is 2.23. The SMILES string of the molecule is CCCCc1ccc(C#Cc2ccc3c(F)c(F)c(F)cc3c2)cc1. The van der Waals surface area contributed by atoms with Gasteiger partial charge in [0, 0.05) is 16.5 Å². The van der Waals surface area contributed by atoms with E-state index >= 15 is 0 Å². The van der Waals surface area contributed by atoms with Gasteiger partial charge >= 0.3 is 0 Å². The van der Waals surface area contributed by atoms with Crippen LogP contribution < -0.4 is 0 Å². The molecule has 126 valence electrons. The van der Waals surface area contributed by atoms with E-state index in [2.05, 4.69) is 30.9 Å². The molecule has 0 heterocycles. The lowest BCUT2D eigenvalue weighted by atomic mass is 10.0. The maximum Gasteiger partial charge on any atom is 0.195 e. The summed E-state index contributed by atoms with van der Waals surface area (Å²) in [6, 6.07) is 13.6. The number of fused-ring (bicyclic) bond motifs is 1. The van der Waals surface area contributed by atoms with Gasteiger partial charge in [0.05, 0.1) is 0 Å². The average molecular weight is 338 g/mol. The van der Waals surface area contributed by atoms with E-state index in [4.69, 9.17) is 0 Å². The Labute approximate surface area is 145 Å². The highest BCUT2D eigenvalue weighted by molar-refractivity contribution is 5.84. The minimum absolute atomic E-state index is 0.0460. The molecule has 0 amide bonds. The van der Waals surface area contributed by atoms with Crippen LogP contribution in [0.1, 0.15) is 36.5 Å². The van der Waals surface area contributed by atoms with Gasteiger partial charge in [0.15, 0.2) is 17.5 Å². The summed E-state index contributed by atoms with van der Waals surface area (Å²) in [7, 11) is 0. The Morgan fingerprint density at radius 1 is 0.800 bits per heavy atom. The normalized spacial score (nSPS) is 10.6. The first-order chi connectivity index (χ1) is 12.1. The molecule has 0 spiro atoms. The average Bonchev–Trinajstić information content (AvgIpc) is 2.63. The van der Waals surface area contributed by atoms with E-state index in [1.165, 1.54) is 11.6 Å². The lowest BCUT2D eigenvalue weighted by molar-refractivity contribution is 0.453. The van der Waals surface area contributed by atoms with Gasteiger partial charge in [0.1, 0.15) is 0 Å². The molecule has 0 nitrogen and oxygen atoms in total. The summed E-state index contributed by atoms with van der Waals surface area (Å²) in [5.41, 5.74) is 2.77. The number of hydrogen-bond acceptors (Lipinski definition) is 0. The second-order valence-corrected chi connectivity index (χ2v) is 5.97. The molecule has 0 aromatic heterocycles. The van der Waals surface area contributed by atoms with E-state index in [0.29, 0.717) is 5.56 Å². The Bertz CT molecular complexity index is 960. The smallest absolute Gasteiger partial charge is 0.195 e. The van der Waals surface area contributed by atoms with E-state index in [9.17, 15) is 13.2 Å². The fraction of sp³-hybridized carbons (Fsp3) is 0.182. The quantitative estimate of drug-likeness (QED) is 0.406. The molecule has 0 saturated heterocycles. The van der Waals surface area contributed by atoms with Gasteiger partial charge in [-0.3, -0.25) is 0 Å². The van der Waals surface area contributed by atoms with Crippen molar-refractivity contribution < 1.29 is 13.2 Å². The lowest BCUT2D eigenvalue weighted by Gasteiger charge is -2.02. The molecule has 0 aliphatic carbocycles. The number of benzene rings is 3. The maximum absolute atomic E-state index is 13.7. The third-order valence-corrected chi connectivity index (χ3v) is 4.10. The number of halogens is 3. The van der Waals surface area contributed by atoms with Gasteiger partial charge in [-0.1, -0.05) is 43.4 Å². The third kappa shape index (κ3) is 3.85. The Balaban J connectivity index is 1.86. The zero-order chi connectivity index (χ0) is 17.8. The largest absolute Gasteiger partial charge is 0.204 e. The van der Waals surface area contributed by atoms with Crippen LogP contribution in [0.15, 0.2) is 48.5 Å². The summed E-state index contributed by atoms with van der Waals surface area (Å²) in [6.07, 6.45) is 3.38. The topological polar surface area (TPSA) is 0 Å². The number of rotatable bonds is 3. The van der Waals surface area contributed by atoms with Crippen LogP contribution in [0.3, 0.4) is 0 Å². The van der Waals surface area contributed by atoms with Crippen molar-refractivity contribution in [2.24, 2.45) is 0 Å². The molecule has 0 aliphatic rings. The van der Waals surface area contributed by atoms with Crippen molar-refractivity contribution in [3.05, 3.63) is 82.7 Å². The highest BCUT2D eigenvalue weighted by atomic mass is 19.2. The lowest BCUT2D eigenvalue weighted by Crippen LogP contribution is -1.92. The summed E-state index contributed by atoms with van der Waals surface area (Å²) in [4.78, 5) is 0. The monoisotopic (exact) mass is 338 g/mol. The molecule has 0 atom stereocenters. The molecule has 0 bridgehead atoms. The molecule has 3 heteroatoms. The minimum atomic E-state index is -1.45.